The number of hydrogen-bond donors (Lipinski definition) is 3. The van der Waals surface area contributed by atoms with E-state index in [4.69, 9.17) is 4.74 Å². The Kier molecular flexibility index (Phi) is 65.9. The summed E-state index contributed by atoms with van der Waals surface area (Å²) in [5.41, 5.74) is 0. The first kappa shape index (κ1) is 76.1. The number of amides is 1. The number of rotatable bonds is 66. The average Bonchev–Trinajstić information content (AvgIpc) is 3.44. The third-order valence-corrected chi connectivity index (χ3v) is 16.4. The van der Waals surface area contributed by atoms with Gasteiger partial charge in [-0.15, -0.1) is 0 Å². The minimum atomic E-state index is -0.847. The van der Waals surface area contributed by atoms with Crippen LogP contribution in [-0.2, 0) is 14.3 Å². The Balaban J connectivity index is 3.41. The van der Waals surface area contributed by atoms with Crippen molar-refractivity contribution in [3.05, 3.63) is 36.5 Å². The highest BCUT2D eigenvalue weighted by Crippen LogP contribution is 2.18. The maximum Gasteiger partial charge on any atom is 0.305 e. The van der Waals surface area contributed by atoms with Gasteiger partial charge < -0.3 is 20.3 Å². The molecule has 0 fully saturated rings. The Morgan fingerprint density at radius 2 is 0.641 bits per heavy atom. The van der Waals surface area contributed by atoms with Gasteiger partial charge in [0.15, 0.2) is 0 Å². The number of ether oxygens (including phenoxy) is 1. The van der Waals surface area contributed by atoms with Crippen LogP contribution >= 0.6 is 0 Å². The summed E-state index contributed by atoms with van der Waals surface area (Å²) in [6, 6.07) is -0.630. The van der Waals surface area contributed by atoms with Crippen molar-refractivity contribution in [1.82, 2.24) is 5.32 Å². The van der Waals surface area contributed by atoms with Gasteiger partial charge in [0.1, 0.15) is 0 Å². The van der Waals surface area contributed by atoms with Crippen molar-refractivity contribution in [3.8, 4) is 0 Å². The fourth-order valence-electron chi connectivity index (χ4n) is 11.0. The van der Waals surface area contributed by atoms with E-state index in [0.717, 1.165) is 44.9 Å². The smallest absolute Gasteiger partial charge is 0.305 e. The minimum Gasteiger partial charge on any atom is -0.466 e. The lowest BCUT2D eigenvalue weighted by Gasteiger charge is -2.20. The molecule has 0 saturated heterocycles. The number of hydrogen-bond acceptors (Lipinski definition) is 5. The van der Waals surface area contributed by atoms with Crippen LogP contribution < -0.4 is 5.32 Å². The minimum absolute atomic E-state index is 0.0155. The summed E-state index contributed by atoms with van der Waals surface area (Å²) in [5.74, 6) is -0.0538. The van der Waals surface area contributed by atoms with E-state index in [1.807, 2.05) is 6.08 Å². The molecule has 6 heteroatoms. The SMILES string of the molecule is CCCCCCCCCCCCCCC/C=C/C(O)C(CO)NC(=O)CCCCCCCCCCCCC/C=C\C/C=C\CCCCCCCCCCCOC(=O)CCCCCCCCCCCCCCCCCCCCC. The maximum atomic E-state index is 12.5. The first-order valence-electron chi connectivity index (χ1n) is 35.3. The molecule has 0 bridgehead atoms. The molecular formula is C72H137NO5. The van der Waals surface area contributed by atoms with Crippen molar-refractivity contribution in [1.29, 1.82) is 0 Å². The molecule has 78 heavy (non-hydrogen) atoms. The van der Waals surface area contributed by atoms with Crippen LogP contribution in [0.4, 0.5) is 0 Å². The van der Waals surface area contributed by atoms with E-state index in [0.29, 0.717) is 19.4 Å². The lowest BCUT2D eigenvalue weighted by molar-refractivity contribution is -0.143. The fraction of sp³-hybridized carbons (Fsp3) is 0.889. The number of allylic oxidation sites excluding steroid dienone is 5. The number of esters is 1. The molecule has 0 aliphatic heterocycles. The Bertz CT molecular complexity index is 1260. The Morgan fingerprint density at radius 3 is 0.974 bits per heavy atom. The van der Waals surface area contributed by atoms with Gasteiger partial charge in [-0.05, 0) is 64.2 Å². The van der Waals surface area contributed by atoms with Crippen molar-refractivity contribution < 1.29 is 24.5 Å². The number of carbonyl (C=O) groups is 2. The summed E-state index contributed by atoms with van der Waals surface area (Å²) < 4.78 is 5.51. The van der Waals surface area contributed by atoms with E-state index in [1.165, 1.54) is 315 Å². The summed E-state index contributed by atoms with van der Waals surface area (Å²) in [5, 5.41) is 23.2. The molecule has 460 valence electrons. The quantitative estimate of drug-likeness (QED) is 0.0320. The Labute approximate surface area is 487 Å². The molecule has 6 nitrogen and oxygen atoms in total. The number of unbranched alkanes of at least 4 members (excludes halogenated alkanes) is 51. The van der Waals surface area contributed by atoms with Crippen molar-refractivity contribution in [2.75, 3.05) is 13.2 Å². The van der Waals surface area contributed by atoms with Crippen molar-refractivity contribution in [2.24, 2.45) is 0 Å². The van der Waals surface area contributed by atoms with Crippen LogP contribution in [0, 0.1) is 0 Å². The summed E-state index contributed by atoms with van der Waals surface area (Å²) >= 11 is 0. The van der Waals surface area contributed by atoms with Crippen molar-refractivity contribution >= 4 is 11.9 Å². The van der Waals surface area contributed by atoms with Crippen LogP contribution in [-0.4, -0.2) is 47.4 Å². The van der Waals surface area contributed by atoms with E-state index >= 15 is 0 Å². The standard InChI is InChI=1S/C72H137NO5/c1-3-5-7-9-11-13-15-17-19-20-30-34-38-42-46-50-54-58-62-66-72(77)78-67-63-59-55-51-47-43-39-35-32-29-27-25-23-21-22-24-26-28-31-33-37-41-45-49-53-57-61-65-71(76)73-69(68-74)70(75)64-60-56-52-48-44-40-36-18-16-14-12-10-8-6-4-2/h21-22,25,27,60,64,69-70,74-75H,3-20,23-24,26,28-59,61-63,65-68H2,1-2H3,(H,73,76)/b22-21-,27-25-,64-60+. The Morgan fingerprint density at radius 1 is 0.359 bits per heavy atom. The molecule has 0 aliphatic rings. The Hall–Kier alpha value is -1.92. The zero-order chi connectivity index (χ0) is 56.4. The lowest BCUT2D eigenvalue weighted by Crippen LogP contribution is -2.45. The third kappa shape index (κ3) is 63.3. The van der Waals surface area contributed by atoms with Gasteiger partial charge >= 0.3 is 5.97 Å². The summed E-state index contributed by atoms with van der Waals surface area (Å²) in [6.07, 6.45) is 86.5. The van der Waals surface area contributed by atoms with E-state index in [-0.39, 0.29) is 18.5 Å². The summed E-state index contributed by atoms with van der Waals surface area (Å²) in [7, 11) is 0. The van der Waals surface area contributed by atoms with Crippen LogP contribution in [0.5, 0.6) is 0 Å². The summed E-state index contributed by atoms with van der Waals surface area (Å²) in [6.45, 7) is 4.93. The molecule has 1 amide bonds. The van der Waals surface area contributed by atoms with E-state index in [2.05, 4.69) is 43.5 Å². The number of carbonyl (C=O) groups excluding carboxylic acids is 2. The molecule has 0 aromatic rings. The predicted molar refractivity (Wildman–Crippen MR) is 343 cm³/mol. The topological polar surface area (TPSA) is 95.9 Å². The molecule has 3 N–H and O–H groups in total. The molecular weight excluding hydrogens is 959 g/mol. The largest absolute Gasteiger partial charge is 0.466 e. The van der Waals surface area contributed by atoms with Gasteiger partial charge in [-0.1, -0.05) is 346 Å². The lowest BCUT2D eigenvalue weighted by atomic mass is 10.0. The van der Waals surface area contributed by atoms with Gasteiger partial charge in [0.2, 0.25) is 5.91 Å². The highest BCUT2D eigenvalue weighted by atomic mass is 16.5. The van der Waals surface area contributed by atoms with E-state index in [1.54, 1.807) is 6.08 Å². The van der Waals surface area contributed by atoms with Crippen LogP contribution in [0.25, 0.3) is 0 Å². The molecule has 2 atom stereocenters. The summed E-state index contributed by atoms with van der Waals surface area (Å²) in [4.78, 5) is 24.6. The van der Waals surface area contributed by atoms with Crippen molar-refractivity contribution in [3.63, 3.8) is 0 Å². The zero-order valence-corrected chi connectivity index (χ0v) is 52.7. The molecule has 0 aliphatic carbocycles. The number of nitrogens with one attached hydrogen (secondary N) is 1. The van der Waals surface area contributed by atoms with Gasteiger partial charge in [-0.2, -0.15) is 0 Å². The first-order chi connectivity index (χ1) is 38.5. The van der Waals surface area contributed by atoms with Gasteiger partial charge in [0.25, 0.3) is 0 Å². The monoisotopic (exact) mass is 1100 g/mol. The molecule has 0 aromatic heterocycles. The van der Waals surface area contributed by atoms with E-state index < -0.39 is 12.1 Å². The van der Waals surface area contributed by atoms with Crippen LogP contribution in [0.1, 0.15) is 386 Å². The molecule has 0 heterocycles. The number of aliphatic hydroxyl groups is 2. The van der Waals surface area contributed by atoms with Gasteiger partial charge in [0.05, 0.1) is 25.4 Å². The molecule has 0 saturated carbocycles. The zero-order valence-electron chi connectivity index (χ0n) is 52.7. The average molecular weight is 1100 g/mol. The van der Waals surface area contributed by atoms with E-state index in [9.17, 15) is 19.8 Å². The highest BCUT2D eigenvalue weighted by Gasteiger charge is 2.18. The molecule has 0 radical (unpaired) electrons. The number of aliphatic hydroxyl groups excluding tert-OH is 2. The normalized spacial score (nSPS) is 12.7. The van der Waals surface area contributed by atoms with Crippen molar-refractivity contribution in [2.45, 2.75) is 398 Å². The second-order valence-electron chi connectivity index (χ2n) is 24.2. The second-order valence-corrected chi connectivity index (χ2v) is 24.2. The predicted octanol–water partition coefficient (Wildman–Crippen LogP) is 22.7. The molecule has 0 rings (SSSR count). The second kappa shape index (κ2) is 67.6. The van der Waals surface area contributed by atoms with Gasteiger partial charge in [-0.3, -0.25) is 9.59 Å². The highest BCUT2D eigenvalue weighted by molar-refractivity contribution is 5.76. The van der Waals surface area contributed by atoms with Gasteiger partial charge in [0, 0.05) is 12.8 Å². The fourth-order valence-corrected chi connectivity index (χ4v) is 11.0. The van der Waals surface area contributed by atoms with Gasteiger partial charge in [-0.25, -0.2) is 0 Å². The molecule has 2 unspecified atom stereocenters. The van der Waals surface area contributed by atoms with Crippen LogP contribution in [0.2, 0.25) is 0 Å². The maximum absolute atomic E-state index is 12.5. The van der Waals surface area contributed by atoms with Crippen LogP contribution in [0.3, 0.4) is 0 Å². The molecule has 0 spiro atoms. The van der Waals surface area contributed by atoms with Crippen LogP contribution in [0.15, 0.2) is 36.5 Å². The first-order valence-corrected chi connectivity index (χ1v) is 35.3. The third-order valence-electron chi connectivity index (χ3n) is 16.4. The molecule has 0 aromatic carbocycles.